The van der Waals surface area contributed by atoms with E-state index in [0.717, 1.165) is 31.0 Å². The van der Waals surface area contributed by atoms with Crippen LogP contribution in [0.25, 0.3) is 10.1 Å². The van der Waals surface area contributed by atoms with Gasteiger partial charge < -0.3 is 5.73 Å². The van der Waals surface area contributed by atoms with Crippen molar-refractivity contribution in [3.63, 3.8) is 0 Å². The van der Waals surface area contributed by atoms with E-state index in [9.17, 15) is 0 Å². The van der Waals surface area contributed by atoms with Gasteiger partial charge in [-0.05, 0) is 6.07 Å². The third kappa shape index (κ3) is 1.45. The molecule has 0 saturated carbocycles. The third-order valence-corrected chi connectivity index (χ3v) is 4.03. The van der Waals surface area contributed by atoms with Crippen molar-refractivity contribution in [1.82, 2.24) is 0 Å². The highest BCUT2D eigenvalue weighted by Gasteiger charge is 2.09. The topological polar surface area (TPSA) is 26.0 Å². The molecule has 2 aromatic rings. The quantitative estimate of drug-likeness (QED) is 0.782. The summed E-state index contributed by atoms with van der Waals surface area (Å²) in [5, 5.41) is 3.56. The Kier molecular flexibility index (Phi) is 2.49. The van der Waals surface area contributed by atoms with Crippen molar-refractivity contribution < 1.29 is 0 Å². The first-order valence-electron chi connectivity index (χ1n) is 3.75. The largest absolute Gasteiger partial charge is 0.390 e. The van der Waals surface area contributed by atoms with Crippen LogP contribution in [0.1, 0.15) is 5.56 Å². The molecule has 0 unspecified atom stereocenters. The molecule has 0 aliphatic rings. The summed E-state index contributed by atoms with van der Waals surface area (Å²) < 4.78 is 1.08. The van der Waals surface area contributed by atoms with Gasteiger partial charge >= 0.3 is 0 Å². The number of thiophene rings is 1. The van der Waals surface area contributed by atoms with E-state index in [-0.39, 0.29) is 0 Å². The minimum Gasteiger partial charge on any atom is -0.390 e. The van der Waals surface area contributed by atoms with E-state index in [1.165, 1.54) is 0 Å². The van der Waals surface area contributed by atoms with Gasteiger partial charge in [0.2, 0.25) is 0 Å². The average Bonchev–Trinajstić information content (AvgIpc) is 2.43. The van der Waals surface area contributed by atoms with E-state index in [1.807, 2.05) is 18.2 Å². The Morgan fingerprint density at radius 3 is 2.92 bits per heavy atom. The maximum Gasteiger partial charge on any atom is 0.0910 e. The smallest absolute Gasteiger partial charge is 0.0910 e. The first-order valence-corrected chi connectivity index (χ1v) is 6.07. The molecule has 1 nitrogen and oxygen atoms in total. The Morgan fingerprint density at radius 2 is 2.23 bits per heavy atom. The number of alkyl halides is 1. The van der Waals surface area contributed by atoms with Gasteiger partial charge in [0.05, 0.1) is 14.7 Å². The summed E-state index contributed by atoms with van der Waals surface area (Å²) in [5.41, 5.74) is 7.00. The SMILES string of the molecule is Nc1sc2c(Cl)cccc2c1CBr. The molecular formula is C9H7BrClNS. The Hall–Kier alpha value is -0.250. The van der Waals surface area contributed by atoms with Crippen LogP contribution in [0, 0.1) is 0 Å². The van der Waals surface area contributed by atoms with Gasteiger partial charge in [-0.3, -0.25) is 0 Å². The number of hydrogen-bond acceptors (Lipinski definition) is 2. The lowest BCUT2D eigenvalue weighted by atomic mass is 10.2. The van der Waals surface area contributed by atoms with Crippen molar-refractivity contribution in [3.05, 3.63) is 28.8 Å². The molecule has 0 saturated heterocycles. The monoisotopic (exact) mass is 275 g/mol. The van der Waals surface area contributed by atoms with Crippen LogP contribution in [0.2, 0.25) is 5.02 Å². The van der Waals surface area contributed by atoms with Crippen molar-refractivity contribution in [1.29, 1.82) is 0 Å². The molecule has 0 aliphatic carbocycles. The van der Waals surface area contributed by atoms with Crippen molar-refractivity contribution >= 4 is 54.0 Å². The summed E-state index contributed by atoms with van der Waals surface area (Å²) in [6.45, 7) is 0. The molecule has 2 rings (SSSR count). The summed E-state index contributed by atoms with van der Waals surface area (Å²) in [6.07, 6.45) is 0. The lowest BCUT2D eigenvalue weighted by Gasteiger charge is -1.94. The Bertz CT molecular complexity index is 452. The van der Waals surface area contributed by atoms with Crippen molar-refractivity contribution in [2.45, 2.75) is 5.33 Å². The number of benzene rings is 1. The molecule has 4 heteroatoms. The van der Waals surface area contributed by atoms with Crippen LogP contribution < -0.4 is 5.73 Å². The van der Waals surface area contributed by atoms with Crippen LogP contribution in [0.3, 0.4) is 0 Å². The van der Waals surface area contributed by atoms with Crippen molar-refractivity contribution in [3.8, 4) is 0 Å². The minimum absolute atomic E-state index is 0.777. The highest BCUT2D eigenvalue weighted by atomic mass is 79.9. The standard InChI is InChI=1S/C9H7BrClNS/c10-4-6-5-2-1-3-7(11)8(5)13-9(6)12/h1-3H,4,12H2. The van der Waals surface area contributed by atoms with E-state index in [1.54, 1.807) is 11.3 Å². The molecule has 0 spiro atoms. The number of hydrogen-bond donors (Lipinski definition) is 1. The zero-order valence-corrected chi connectivity index (χ0v) is 9.84. The Balaban J connectivity index is 2.86. The lowest BCUT2D eigenvalue weighted by Crippen LogP contribution is -1.83. The number of rotatable bonds is 1. The molecule has 1 heterocycles. The number of fused-ring (bicyclic) bond motifs is 1. The summed E-state index contributed by atoms with van der Waals surface area (Å²) >= 11 is 11.0. The number of nitrogens with two attached hydrogens (primary N) is 1. The molecule has 0 bridgehead atoms. The van der Waals surface area contributed by atoms with Gasteiger partial charge in [0.25, 0.3) is 0 Å². The van der Waals surface area contributed by atoms with Crippen LogP contribution in [0.4, 0.5) is 5.00 Å². The lowest BCUT2D eigenvalue weighted by molar-refractivity contribution is 1.54. The van der Waals surface area contributed by atoms with E-state index < -0.39 is 0 Å². The van der Waals surface area contributed by atoms with E-state index in [0.29, 0.717) is 0 Å². The fourth-order valence-electron chi connectivity index (χ4n) is 1.29. The normalized spacial score (nSPS) is 10.9. The van der Waals surface area contributed by atoms with Gasteiger partial charge in [-0.1, -0.05) is 39.7 Å². The Labute approximate surface area is 93.6 Å². The second-order valence-electron chi connectivity index (χ2n) is 2.70. The van der Waals surface area contributed by atoms with E-state index in [4.69, 9.17) is 17.3 Å². The second kappa shape index (κ2) is 3.48. The molecule has 1 aromatic carbocycles. The van der Waals surface area contributed by atoms with Crippen molar-refractivity contribution in [2.75, 3.05) is 5.73 Å². The zero-order valence-electron chi connectivity index (χ0n) is 6.68. The molecule has 0 fully saturated rings. The van der Waals surface area contributed by atoms with Crippen LogP contribution in [0.15, 0.2) is 18.2 Å². The molecule has 0 aliphatic heterocycles. The van der Waals surface area contributed by atoms with E-state index >= 15 is 0 Å². The fourth-order valence-corrected chi connectivity index (χ4v) is 3.36. The predicted molar refractivity (Wildman–Crippen MR) is 63.9 cm³/mol. The van der Waals surface area contributed by atoms with Crippen molar-refractivity contribution in [2.24, 2.45) is 0 Å². The average molecular weight is 277 g/mol. The summed E-state index contributed by atoms with van der Waals surface area (Å²) in [7, 11) is 0. The maximum atomic E-state index is 6.04. The highest BCUT2D eigenvalue weighted by molar-refractivity contribution is 9.08. The van der Waals surface area contributed by atoms with Gasteiger partial charge in [-0.25, -0.2) is 0 Å². The van der Waals surface area contributed by atoms with Crippen LogP contribution in [-0.4, -0.2) is 0 Å². The number of halogens is 2. The minimum atomic E-state index is 0.777. The number of nitrogen functional groups attached to an aromatic ring is 1. The van der Waals surface area contributed by atoms with Gasteiger partial charge in [0.15, 0.2) is 0 Å². The Morgan fingerprint density at radius 1 is 1.46 bits per heavy atom. The maximum absolute atomic E-state index is 6.04. The van der Waals surface area contributed by atoms with Gasteiger partial charge in [-0.2, -0.15) is 0 Å². The molecule has 2 N–H and O–H groups in total. The molecule has 68 valence electrons. The first-order chi connectivity index (χ1) is 6.24. The van der Waals surface area contributed by atoms with Gasteiger partial charge in [0.1, 0.15) is 0 Å². The highest BCUT2D eigenvalue weighted by Crippen LogP contribution is 2.38. The fraction of sp³-hybridized carbons (Fsp3) is 0.111. The molecule has 13 heavy (non-hydrogen) atoms. The summed E-state index contributed by atoms with van der Waals surface area (Å²) in [4.78, 5) is 0. The van der Waals surface area contributed by atoms with Crippen LogP contribution >= 0.6 is 38.9 Å². The third-order valence-electron chi connectivity index (χ3n) is 1.94. The molecule has 0 atom stereocenters. The first kappa shape index (κ1) is 9.31. The van der Waals surface area contributed by atoms with E-state index in [2.05, 4.69) is 15.9 Å². The predicted octanol–water partition coefficient (Wildman–Crippen LogP) is 4.03. The van der Waals surface area contributed by atoms with Crippen LogP contribution in [0.5, 0.6) is 0 Å². The summed E-state index contributed by atoms with van der Waals surface area (Å²) in [6, 6.07) is 5.88. The zero-order chi connectivity index (χ0) is 9.42. The second-order valence-corrected chi connectivity index (χ2v) is 4.72. The molecular weight excluding hydrogens is 270 g/mol. The van der Waals surface area contributed by atoms with Gasteiger partial charge in [0, 0.05) is 16.3 Å². The molecule has 0 amide bonds. The van der Waals surface area contributed by atoms with Gasteiger partial charge in [-0.15, -0.1) is 11.3 Å². The summed E-state index contributed by atoms with van der Waals surface area (Å²) in [5.74, 6) is 0. The molecule has 0 radical (unpaired) electrons. The number of anilines is 1. The molecule has 1 aromatic heterocycles. The van der Waals surface area contributed by atoms with Crippen LogP contribution in [-0.2, 0) is 5.33 Å².